The quantitative estimate of drug-likeness (QED) is 0.787. The smallest absolute Gasteiger partial charge is 0.422 e. The molecule has 1 rings (SSSR count). The molecule has 0 heterocycles. The van der Waals surface area contributed by atoms with Crippen molar-refractivity contribution >= 4 is 15.9 Å². The molecule has 0 fully saturated rings. The summed E-state index contributed by atoms with van der Waals surface area (Å²) in [7, 11) is 0. The van der Waals surface area contributed by atoms with Crippen molar-refractivity contribution in [2.45, 2.75) is 6.18 Å². The van der Waals surface area contributed by atoms with E-state index in [1.165, 1.54) is 12.1 Å². The summed E-state index contributed by atoms with van der Waals surface area (Å²) in [6, 6.07) is 7.00. The highest BCUT2D eigenvalue weighted by Gasteiger charge is 2.28. The molecular weight excluding hydrogens is 249 g/mol. The van der Waals surface area contributed by atoms with Gasteiger partial charge in [-0.15, -0.1) is 0 Å². The highest BCUT2D eigenvalue weighted by atomic mass is 79.9. The Morgan fingerprint density at radius 1 is 1.38 bits per heavy atom. The molecule has 0 aliphatic heterocycles. The molecule has 0 aromatic heterocycles. The maximum Gasteiger partial charge on any atom is 0.422 e. The van der Waals surface area contributed by atoms with E-state index in [2.05, 4.69) is 26.7 Å². The Morgan fingerprint density at radius 2 is 2.08 bits per heavy atom. The standard InChI is InChI=1S/C8H5BrF3O/c9-6-2-1-3-7(4-6)13-5-8(10,11)12/h2-4H,5H2. The van der Waals surface area contributed by atoms with Gasteiger partial charge in [0.05, 0.1) is 0 Å². The van der Waals surface area contributed by atoms with Crippen LogP contribution in [0.5, 0.6) is 5.75 Å². The summed E-state index contributed by atoms with van der Waals surface area (Å²) < 4.78 is 40.2. The first-order valence-corrected chi connectivity index (χ1v) is 4.13. The summed E-state index contributed by atoms with van der Waals surface area (Å²) in [6.07, 6.45) is -4.30. The molecule has 13 heavy (non-hydrogen) atoms. The Labute approximate surface area is 81.6 Å². The fourth-order valence-corrected chi connectivity index (χ4v) is 1.03. The Hall–Kier alpha value is -0.710. The van der Waals surface area contributed by atoms with Crippen molar-refractivity contribution in [1.82, 2.24) is 0 Å². The first-order chi connectivity index (χ1) is 5.97. The zero-order valence-corrected chi connectivity index (χ0v) is 7.95. The van der Waals surface area contributed by atoms with E-state index in [0.29, 0.717) is 4.47 Å². The van der Waals surface area contributed by atoms with Crippen LogP contribution in [0.25, 0.3) is 0 Å². The second-order valence-electron chi connectivity index (χ2n) is 2.29. The van der Waals surface area contributed by atoms with Crippen LogP contribution >= 0.6 is 15.9 Å². The zero-order valence-electron chi connectivity index (χ0n) is 6.36. The van der Waals surface area contributed by atoms with Crippen LogP contribution in [0.15, 0.2) is 22.7 Å². The lowest BCUT2D eigenvalue weighted by Gasteiger charge is -2.08. The molecule has 0 aliphatic carbocycles. The number of ether oxygens (including phenoxy) is 1. The van der Waals surface area contributed by atoms with Gasteiger partial charge in [0.25, 0.3) is 0 Å². The summed E-state index contributed by atoms with van der Waals surface area (Å²) in [4.78, 5) is 0. The van der Waals surface area contributed by atoms with Crippen LogP contribution < -0.4 is 4.74 Å². The number of hydrogen-bond donors (Lipinski definition) is 0. The minimum absolute atomic E-state index is 0.145. The summed E-state index contributed by atoms with van der Waals surface area (Å²) >= 11 is 3.09. The molecule has 0 aliphatic rings. The van der Waals surface area contributed by atoms with E-state index < -0.39 is 12.8 Å². The van der Waals surface area contributed by atoms with Crippen molar-refractivity contribution in [3.63, 3.8) is 0 Å². The third-order valence-electron chi connectivity index (χ3n) is 1.13. The van der Waals surface area contributed by atoms with Crippen molar-refractivity contribution in [1.29, 1.82) is 0 Å². The molecular formula is C8H5BrF3O. The summed E-state index contributed by atoms with van der Waals surface area (Å²) in [5, 5.41) is 0. The van der Waals surface area contributed by atoms with Gasteiger partial charge in [0.2, 0.25) is 0 Å². The molecule has 71 valence electrons. The second-order valence-corrected chi connectivity index (χ2v) is 3.21. The van der Waals surface area contributed by atoms with Crippen molar-refractivity contribution in [3.8, 4) is 5.75 Å². The molecule has 5 heteroatoms. The fraction of sp³-hybridized carbons (Fsp3) is 0.250. The average Bonchev–Trinajstić information content (AvgIpc) is 2.00. The van der Waals surface area contributed by atoms with Crippen LogP contribution in [0.1, 0.15) is 0 Å². The second kappa shape index (κ2) is 4.00. The minimum Gasteiger partial charge on any atom is -0.484 e. The summed E-state index contributed by atoms with van der Waals surface area (Å²) in [6.45, 7) is -1.28. The van der Waals surface area contributed by atoms with Gasteiger partial charge in [-0.1, -0.05) is 15.9 Å². The molecule has 1 radical (unpaired) electrons. The van der Waals surface area contributed by atoms with Gasteiger partial charge in [-0.25, -0.2) is 0 Å². The van der Waals surface area contributed by atoms with Crippen molar-refractivity contribution < 1.29 is 17.9 Å². The Kier molecular flexibility index (Phi) is 3.19. The van der Waals surface area contributed by atoms with E-state index in [-0.39, 0.29) is 5.75 Å². The Balaban J connectivity index is 2.55. The third kappa shape index (κ3) is 4.17. The average molecular weight is 254 g/mol. The molecule has 1 aromatic carbocycles. The maximum absolute atomic E-state index is 11.7. The molecule has 1 aromatic rings. The first-order valence-electron chi connectivity index (χ1n) is 3.33. The molecule has 0 amide bonds. The number of rotatable bonds is 2. The molecule has 0 bridgehead atoms. The number of alkyl halides is 3. The maximum atomic E-state index is 11.7. The minimum atomic E-state index is -4.30. The van der Waals surface area contributed by atoms with Crippen LogP contribution in [0.3, 0.4) is 0 Å². The molecule has 0 unspecified atom stereocenters. The van der Waals surface area contributed by atoms with E-state index in [4.69, 9.17) is 0 Å². The lowest BCUT2D eigenvalue weighted by molar-refractivity contribution is -0.153. The molecule has 0 spiro atoms. The third-order valence-corrected chi connectivity index (χ3v) is 1.59. The number of hydrogen-bond acceptors (Lipinski definition) is 1. The first kappa shape index (κ1) is 10.4. The SMILES string of the molecule is FC(F)(F)COc1c[c]cc(Br)c1. The van der Waals surface area contributed by atoms with Gasteiger partial charge < -0.3 is 4.74 Å². The highest BCUT2D eigenvalue weighted by molar-refractivity contribution is 9.10. The molecule has 0 atom stereocenters. The van der Waals surface area contributed by atoms with Gasteiger partial charge in [-0.05, 0) is 24.3 Å². The summed E-state index contributed by atoms with van der Waals surface area (Å²) in [5.74, 6) is 0.145. The highest BCUT2D eigenvalue weighted by Crippen LogP contribution is 2.20. The van der Waals surface area contributed by atoms with E-state index in [1.54, 1.807) is 6.07 Å². The van der Waals surface area contributed by atoms with E-state index in [0.717, 1.165) is 0 Å². The largest absolute Gasteiger partial charge is 0.484 e. The van der Waals surface area contributed by atoms with Gasteiger partial charge in [-0.2, -0.15) is 13.2 Å². The van der Waals surface area contributed by atoms with E-state index in [9.17, 15) is 13.2 Å². The van der Waals surface area contributed by atoms with E-state index >= 15 is 0 Å². The van der Waals surface area contributed by atoms with Crippen LogP contribution in [0.2, 0.25) is 0 Å². The van der Waals surface area contributed by atoms with Crippen LogP contribution in [-0.4, -0.2) is 12.8 Å². The van der Waals surface area contributed by atoms with Gasteiger partial charge in [0.1, 0.15) is 5.75 Å². The molecule has 0 saturated heterocycles. The van der Waals surface area contributed by atoms with Crippen LogP contribution in [-0.2, 0) is 0 Å². The zero-order chi connectivity index (χ0) is 9.90. The topological polar surface area (TPSA) is 9.23 Å². The Bertz CT molecular complexity index is 285. The molecule has 0 N–H and O–H groups in total. The Morgan fingerprint density at radius 3 is 2.62 bits per heavy atom. The van der Waals surface area contributed by atoms with Gasteiger partial charge in [0.15, 0.2) is 6.61 Å². The monoisotopic (exact) mass is 253 g/mol. The van der Waals surface area contributed by atoms with Crippen molar-refractivity contribution in [3.05, 3.63) is 28.7 Å². The predicted molar refractivity (Wildman–Crippen MR) is 44.5 cm³/mol. The lowest BCUT2D eigenvalue weighted by atomic mass is 10.3. The van der Waals surface area contributed by atoms with Gasteiger partial charge in [0, 0.05) is 4.47 Å². The van der Waals surface area contributed by atoms with Crippen molar-refractivity contribution in [2.75, 3.05) is 6.61 Å². The number of halogens is 4. The van der Waals surface area contributed by atoms with Gasteiger partial charge in [-0.3, -0.25) is 0 Å². The van der Waals surface area contributed by atoms with Gasteiger partial charge >= 0.3 is 6.18 Å². The lowest BCUT2D eigenvalue weighted by Crippen LogP contribution is -2.19. The number of benzene rings is 1. The predicted octanol–water partition coefficient (Wildman–Crippen LogP) is 3.19. The fourth-order valence-electron chi connectivity index (χ4n) is 0.671. The summed E-state index contributed by atoms with van der Waals surface area (Å²) in [5.41, 5.74) is 0. The molecule has 0 saturated carbocycles. The van der Waals surface area contributed by atoms with Crippen LogP contribution in [0.4, 0.5) is 13.2 Å². The van der Waals surface area contributed by atoms with Crippen LogP contribution in [0, 0.1) is 6.07 Å². The van der Waals surface area contributed by atoms with E-state index in [1.807, 2.05) is 0 Å². The molecule has 1 nitrogen and oxygen atoms in total. The normalized spacial score (nSPS) is 11.4. The van der Waals surface area contributed by atoms with Crippen molar-refractivity contribution in [2.24, 2.45) is 0 Å².